The highest BCUT2D eigenvalue weighted by molar-refractivity contribution is 7.08. The van der Waals surface area contributed by atoms with Crippen LogP contribution in [0.2, 0.25) is 0 Å². The van der Waals surface area contributed by atoms with Crippen LogP contribution in [0.5, 0.6) is 0 Å². The molecule has 0 aromatic carbocycles. The van der Waals surface area contributed by atoms with Crippen LogP contribution >= 0.6 is 11.3 Å². The number of aromatic nitrogens is 3. The van der Waals surface area contributed by atoms with Crippen LogP contribution < -0.4 is 5.32 Å². The summed E-state index contributed by atoms with van der Waals surface area (Å²) in [5, 5.41) is 25.2. The Kier molecular flexibility index (Phi) is 4.50. The van der Waals surface area contributed by atoms with Crippen LogP contribution in [0.15, 0.2) is 23.0 Å². The maximum absolute atomic E-state index is 12.3. The molecule has 23 heavy (non-hydrogen) atoms. The Labute approximate surface area is 139 Å². The van der Waals surface area contributed by atoms with Gasteiger partial charge in [-0.3, -0.25) is 4.79 Å². The predicted octanol–water partition coefficient (Wildman–Crippen LogP) is 2.48. The first-order valence-corrected chi connectivity index (χ1v) is 8.87. The lowest BCUT2D eigenvalue weighted by atomic mass is 9.90. The third-order valence-corrected chi connectivity index (χ3v) is 4.99. The van der Waals surface area contributed by atoms with Crippen molar-refractivity contribution >= 4 is 17.2 Å². The summed E-state index contributed by atoms with van der Waals surface area (Å²) in [5.41, 5.74) is 0.239. The van der Waals surface area contributed by atoms with Gasteiger partial charge in [-0.2, -0.15) is 11.3 Å². The largest absolute Gasteiger partial charge is 0.384 e. The molecule has 1 aliphatic rings. The fourth-order valence-corrected chi connectivity index (χ4v) is 3.60. The highest BCUT2D eigenvalue weighted by Crippen LogP contribution is 2.29. The SMILES string of the molecule is CC(C)(O)c1cn([C@@H]2CCCC[C@@H]2NC(=O)c2ccsc2)nn1. The van der Waals surface area contributed by atoms with E-state index in [2.05, 4.69) is 15.6 Å². The van der Waals surface area contributed by atoms with Crippen LogP contribution in [0.1, 0.15) is 61.6 Å². The van der Waals surface area contributed by atoms with Gasteiger partial charge in [-0.15, -0.1) is 5.10 Å². The number of hydrogen-bond acceptors (Lipinski definition) is 5. The first-order chi connectivity index (χ1) is 10.9. The fourth-order valence-electron chi connectivity index (χ4n) is 2.96. The molecular formula is C16H22N4O2S. The van der Waals surface area contributed by atoms with Gasteiger partial charge >= 0.3 is 0 Å². The van der Waals surface area contributed by atoms with Crippen molar-refractivity contribution in [2.24, 2.45) is 0 Å². The number of nitrogens with zero attached hydrogens (tertiary/aromatic N) is 3. The molecule has 1 saturated carbocycles. The van der Waals surface area contributed by atoms with Crippen LogP contribution in [0.25, 0.3) is 0 Å². The normalized spacial score (nSPS) is 22.0. The number of hydrogen-bond donors (Lipinski definition) is 2. The maximum atomic E-state index is 12.3. The standard InChI is InChI=1S/C16H22N4O2S/c1-16(2,22)14-9-20(19-18-14)13-6-4-3-5-12(13)17-15(21)11-7-8-23-10-11/h7-10,12-13,22H,3-6H2,1-2H3,(H,17,21)/t12-,13+/m0/s1. The second kappa shape index (κ2) is 6.41. The van der Waals surface area contributed by atoms with E-state index in [4.69, 9.17) is 0 Å². The summed E-state index contributed by atoms with van der Waals surface area (Å²) in [6.45, 7) is 3.39. The van der Waals surface area contributed by atoms with Gasteiger partial charge in [0.1, 0.15) is 11.3 Å². The predicted molar refractivity (Wildman–Crippen MR) is 88.3 cm³/mol. The molecule has 1 amide bonds. The Balaban J connectivity index is 1.76. The van der Waals surface area contributed by atoms with Crippen LogP contribution in [-0.4, -0.2) is 32.0 Å². The second-order valence-electron chi connectivity index (χ2n) is 6.59. The molecule has 0 saturated heterocycles. The second-order valence-corrected chi connectivity index (χ2v) is 7.37. The molecule has 0 unspecified atom stereocenters. The molecular weight excluding hydrogens is 312 g/mol. The molecule has 0 bridgehead atoms. The first-order valence-electron chi connectivity index (χ1n) is 7.93. The van der Waals surface area contributed by atoms with Crippen molar-refractivity contribution in [3.8, 4) is 0 Å². The van der Waals surface area contributed by atoms with Crippen molar-refractivity contribution in [3.05, 3.63) is 34.3 Å². The van der Waals surface area contributed by atoms with E-state index in [1.807, 2.05) is 16.8 Å². The maximum Gasteiger partial charge on any atom is 0.252 e. The van der Waals surface area contributed by atoms with Gasteiger partial charge in [-0.05, 0) is 38.1 Å². The van der Waals surface area contributed by atoms with Crippen LogP contribution in [0.4, 0.5) is 0 Å². The van der Waals surface area contributed by atoms with Gasteiger partial charge in [0.15, 0.2) is 0 Å². The Morgan fingerprint density at radius 1 is 1.43 bits per heavy atom. The van der Waals surface area contributed by atoms with Crippen LogP contribution in [0.3, 0.4) is 0 Å². The Hall–Kier alpha value is -1.73. The number of nitrogens with one attached hydrogen (secondary N) is 1. The summed E-state index contributed by atoms with van der Waals surface area (Å²) in [6, 6.07) is 1.95. The van der Waals surface area contributed by atoms with Crippen molar-refractivity contribution in [1.29, 1.82) is 0 Å². The van der Waals surface area contributed by atoms with E-state index in [-0.39, 0.29) is 18.0 Å². The molecule has 0 aliphatic heterocycles. The molecule has 2 aromatic rings. The summed E-state index contributed by atoms with van der Waals surface area (Å²) in [4.78, 5) is 12.3. The van der Waals surface area contributed by atoms with E-state index in [0.717, 1.165) is 25.7 Å². The summed E-state index contributed by atoms with van der Waals surface area (Å²) in [6.07, 6.45) is 5.87. The highest BCUT2D eigenvalue weighted by Gasteiger charge is 2.30. The number of carbonyl (C=O) groups is 1. The monoisotopic (exact) mass is 334 g/mol. The zero-order chi connectivity index (χ0) is 16.4. The zero-order valence-electron chi connectivity index (χ0n) is 13.4. The molecule has 0 radical (unpaired) electrons. The molecule has 124 valence electrons. The van der Waals surface area contributed by atoms with Crippen LogP contribution in [-0.2, 0) is 5.60 Å². The average molecular weight is 334 g/mol. The molecule has 3 rings (SSSR count). The summed E-state index contributed by atoms with van der Waals surface area (Å²) in [5.74, 6) is -0.0361. The highest BCUT2D eigenvalue weighted by atomic mass is 32.1. The lowest BCUT2D eigenvalue weighted by molar-refractivity contribution is 0.0736. The topological polar surface area (TPSA) is 80.0 Å². The molecule has 2 N–H and O–H groups in total. The molecule has 6 nitrogen and oxygen atoms in total. The molecule has 2 heterocycles. The van der Waals surface area contributed by atoms with Gasteiger partial charge < -0.3 is 10.4 Å². The van der Waals surface area contributed by atoms with E-state index >= 15 is 0 Å². The number of aliphatic hydroxyl groups is 1. The molecule has 0 spiro atoms. The van der Waals surface area contributed by atoms with Crippen LogP contribution in [0, 0.1) is 0 Å². The Morgan fingerprint density at radius 2 is 2.22 bits per heavy atom. The average Bonchev–Trinajstić information content (AvgIpc) is 3.19. The quantitative estimate of drug-likeness (QED) is 0.900. The van der Waals surface area contributed by atoms with Gasteiger partial charge in [0.05, 0.1) is 18.3 Å². The third kappa shape index (κ3) is 3.61. The number of rotatable bonds is 4. The molecule has 2 aromatic heterocycles. The lowest BCUT2D eigenvalue weighted by Crippen LogP contribution is -2.43. The minimum Gasteiger partial charge on any atom is -0.384 e. The van der Waals surface area contributed by atoms with Crippen molar-refractivity contribution < 1.29 is 9.90 Å². The van der Waals surface area contributed by atoms with Crippen molar-refractivity contribution in [2.75, 3.05) is 0 Å². The lowest BCUT2D eigenvalue weighted by Gasteiger charge is -2.32. The minimum absolute atomic E-state index is 0.0347. The van der Waals surface area contributed by atoms with Gasteiger partial charge in [-0.1, -0.05) is 18.1 Å². The summed E-state index contributed by atoms with van der Waals surface area (Å²) < 4.78 is 1.80. The third-order valence-electron chi connectivity index (χ3n) is 4.31. The molecule has 1 fully saturated rings. The van der Waals surface area contributed by atoms with Gasteiger partial charge in [0.25, 0.3) is 5.91 Å². The van der Waals surface area contributed by atoms with Gasteiger partial charge in [-0.25, -0.2) is 4.68 Å². The molecule has 7 heteroatoms. The minimum atomic E-state index is -1.01. The summed E-state index contributed by atoms with van der Waals surface area (Å²) >= 11 is 1.52. The zero-order valence-corrected chi connectivity index (χ0v) is 14.2. The van der Waals surface area contributed by atoms with E-state index in [0.29, 0.717) is 11.3 Å². The first kappa shape index (κ1) is 16.1. The number of amides is 1. The van der Waals surface area contributed by atoms with Gasteiger partial charge in [0.2, 0.25) is 0 Å². The van der Waals surface area contributed by atoms with Crippen molar-refractivity contribution in [2.45, 2.75) is 57.2 Å². The Morgan fingerprint density at radius 3 is 2.87 bits per heavy atom. The smallest absolute Gasteiger partial charge is 0.252 e. The number of thiophene rings is 1. The van der Waals surface area contributed by atoms with E-state index in [9.17, 15) is 9.90 Å². The van der Waals surface area contributed by atoms with E-state index < -0.39 is 5.60 Å². The molecule has 1 aliphatic carbocycles. The fraction of sp³-hybridized carbons (Fsp3) is 0.562. The van der Waals surface area contributed by atoms with E-state index in [1.165, 1.54) is 11.3 Å². The Bertz CT molecular complexity index is 660. The number of carbonyl (C=O) groups excluding carboxylic acids is 1. The van der Waals surface area contributed by atoms with Crippen molar-refractivity contribution in [3.63, 3.8) is 0 Å². The van der Waals surface area contributed by atoms with Gasteiger partial charge in [0, 0.05) is 10.9 Å². The van der Waals surface area contributed by atoms with E-state index in [1.54, 1.807) is 24.7 Å². The van der Waals surface area contributed by atoms with Crippen molar-refractivity contribution in [1.82, 2.24) is 20.3 Å². The summed E-state index contributed by atoms with van der Waals surface area (Å²) in [7, 11) is 0. The molecule has 2 atom stereocenters.